The molecular weight excluding hydrogens is 392 g/mol. The third-order valence-corrected chi connectivity index (χ3v) is 7.86. The molecule has 31 heavy (non-hydrogen) atoms. The van der Waals surface area contributed by atoms with Gasteiger partial charge in [-0.05, 0) is 61.6 Å². The van der Waals surface area contributed by atoms with Crippen LogP contribution in [0.1, 0.15) is 62.7 Å². The summed E-state index contributed by atoms with van der Waals surface area (Å²) in [6.45, 7) is 4.29. The number of para-hydroxylation sites is 1. The Morgan fingerprint density at radius 2 is 1.87 bits per heavy atom. The lowest BCUT2D eigenvalue weighted by molar-refractivity contribution is -0.145. The molecule has 1 saturated heterocycles. The number of esters is 2. The van der Waals surface area contributed by atoms with Crippen molar-refractivity contribution < 1.29 is 19.1 Å². The Labute approximate surface area is 184 Å². The average molecular weight is 427 g/mol. The maximum absolute atomic E-state index is 12.2. The standard InChI is InChI=1S/C25H34N2O4/c1-4-25(14-11-22(29)31-3)17(9-10-21(28)30-2)12-15-27-16-13-19-18-7-5-6-8-20(18)26-23(19)24(25)27/h5-8,17,24,26H,4,9-16H2,1-3H3. The molecule has 2 aliphatic rings. The zero-order chi connectivity index (χ0) is 22.0. The van der Waals surface area contributed by atoms with Crippen LogP contribution in [-0.4, -0.2) is 49.1 Å². The van der Waals surface area contributed by atoms with Gasteiger partial charge in [0.1, 0.15) is 0 Å². The number of aromatic nitrogens is 1. The Morgan fingerprint density at radius 1 is 1.13 bits per heavy atom. The number of fused-ring (bicyclic) bond motifs is 5. The fourth-order valence-electron chi connectivity index (χ4n) is 6.28. The molecule has 0 spiro atoms. The van der Waals surface area contributed by atoms with Gasteiger partial charge in [0.25, 0.3) is 0 Å². The van der Waals surface area contributed by atoms with E-state index >= 15 is 0 Å². The number of piperidine rings is 1. The van der Waals surface area contributed by atoms with Gasteiger partial charge in [-0.1, -0.05) is 25.1 Å². The molecule has 2 aromatic rings. The summed E-state index contributed by atoms with van der Waals surface area (Å²) in [5, 5.41) is 1.31. The summed E-state index contributed by atoms with van der Waals surface area (Å²) in [5.74, 6) is 0.0274. The van der Waals surface area contributed by atoms with Crippen molar-refractivity contribution in [3.8, 4) is 0 Å². The van der Waals surface area contributed by atoms with Gasteiger partial charge >= 0.3 is 11.9 Å². The Kier molecular flexibility index (Phi) is 6.37. The second kappa shape index (κ2) is 9.03. The number of ether oxygens (including phenoxy) is 2. The van der Waals surface area contributed by atoms with Gasteiger partial charge in [-0.2, -0.15) is 0 Å². The van der Waals surface area contributed by atoms with Crippen LogP contribution in [-0.2, 0) is 25.5 Å². The second-order valence-electron chi connectivity index (χ2n) is 9.01. The minimum absolute atomic E-state index is 0.101. The van der Waals surface area contributed by atoms with E-state index in [-0.39, 0.29) is 23.4 Å². The largest absolute Gasteiger partial charge is 0.469 e. The molecule has 3 unspecified atom stereocenters. The van der Waals surface area contributed by atoms with Crippen LogP contribution in [0.4, 0.5) is 0 Å². The maximum atomic E-state index is 12.2. The first-order chi connectivity index (χ1) is 15.0. The highest BCUT2D eigenvalue weighted by atomic mass is 16.5. The fraction of sp³-hybridized carbons (Fsp3) is 0.600. The van der Waals surface area contributed by atoms with Crippen LogP contribution in [0.5, 0.6) is 0 Å². The monoisotopic (exact) mass is 426 g/mol. The molecule has 0 aliphatic carbocycles. The minimum Gasteiger partial charge on any atom is -0.469 e. The highest BCUT2D eigenvalue weighted by Crippen LogP contribution is 2.57. The van der Waals surface area contributed by atoms with Gasteiger partial charge in [0.15, 0.2) is 0 Å². The van der Waals surface area contributed by atoms with Crippen molar-refractivity contribution in [1.29, 1.82) is 0 Å². The third-order valence-electron chi connectivity index (χ3n) is 7.86. The van der Waals surface area contributed by atoms with E-state index < -0.39 is 0 Å². The van der Waals surface area contributed by atoms with Crippen LogP contribution in [0.15, 0.2) is 24.3 Å². The summed E-state index contributed by atoms with van der Waals surface area (Å²) in [4.78, 5) is 30.5. The van der Waals surface area contributed by atoms with Crippen molar-refractivity contribution in [2.75, 3.05) is 27.3 Å². The quantitative estimate of drug-likeness (QED) is 0.665. The number of benzene rings is 1. The lowest BCUT2D eigenvalue weighted by atomic mass is 9.58. The van der Waals surface area contributed by atoms with Crippen LogP contribution < -0.4 is 0 Å². The molecule has 1 aromatic carbocycles. The molecule has 1 aromatic heterocycles. The molecule has 0 saturated carbocycles. The number of carbonyl (C=O) groups excluding carboxylic acids is 2. The topological polar surface area (TPSA) is 71.6 Å². The summed E-state index contributed by atoms with van der Waals surface area (Å²) >= 11 is 0. The molecule has 1 fully saturated rings. The molecule has 0 amide bonds. The summed E-state index contributed by atoms with van der Waals surface area (Å²) < 4.78 is 9.93. The zero-order valence-corrected chi connectivity index (χ0v) is 18.9. The number of nitrogens with one attached hydrogen (secondary N) is 1. The zero-order valence-electron chi connectivity index (χ0n) is 18.9. The van der Waals surface area contributed by atoms with Crippen molar-refractivity contribution in [2.24, 2.45) is 11.3 Å². The molecule has 0 bridgehead atoms. The van der Waals surface area contributed by atoms with Gasteiger partial charge in [-0.25, -0.2) is 0 Å². The molecule has 1 N–H and O–H groups in total. The number of carbonyl (C=O) groups is 2. The van der Waals surface area contributed by atoms with Crippen LogP contribution in [0, 0.1) is 11.3 Å². The van der Waals surface area contributed by atoms with E-state index in [1.165, 1.54) is 36.4 Å². The van der Waals surface area contributed by atoms with E-state index in [0.717, 1.165) is 45.2 Å². The van der Waals surface area contributed by atoms with Crippen molar-refractivity contribution in [1.82, 2.24) is 9.88 Å². The highest BCUT2D eigenvalue weighted by Gasteiger charge is 2.52. The predicted octanol–water partition coefficient (Wildman–Crippen LogP) is 4.39. The molecule has 3 atom stereocenters. The van der Waals surface area contributed by atoms with E-state index in [2.05, 4.69) is 41.1 Å². The SMILES string of the molecule is CCC1(CCC(=O)OC)C(CCC(=O)OC)CCN2CCc3c([nH]c4ccccc34)C21. The van der Waals surface area contributed by atoms with Crippen LogP contribution in [0.25, 0.3) is 10.9 Å². The van der Waals surface area contributed by atoms with Crippen LogP contribution in [0.3, 0.4) is 0 Å². The van der Waals surface area contributed by atoms with Gasteiger partial charge < -0.3 is 14.5 Å². The number of rotatable bonds is 7. The average Bonchev–Trinajstić information content (AvgIpc) is 3.19. The number of hydrogen-bond donors (Lipinski definition) is 1. The summed E-state index contributed by atoms with van der Waals surface area (Å²) in [6, 6.07) is 8.76. The molecule has 0 radical (unpaired) electrons. The normalized spacial score (nSPS) is 25.6. The summed E-state index contributed by atoms with van der Waals surface area (Å²) in [5.41, 5.74) is 3.81. The Bertz CT molecular complexity index is 952. The van der Waals surface area contributed by atoms with E-state index in [1.54, 1.807) is 0 Å². The van der Waals surface area contributed by atoms with Gasteiger partial charge in [0.2, 0.25) is 0 Å². The summed E-state index contributed by atoms with van der Waals surface area (Å²) in [6.07, 6.45) is 5.41. The Hall–Kier alpha value is -2.34. The lowest BCUT2D eigenvalue weighted by Crippen LogP contribution is -2.53. The van der Waals surface area contributed by atoms with E-state index in [0.29, 0.717) is 18.8 Å². The molecule has 3 heterocycles. The smallest absolute Gasteiger partial charge is 0.305 e. The first kappa shape index (κ1) is 21.9. The number of hydrogen-bond acceptors (Lipinski definition) is 5. The van der Waals surface area contributed by atoms with E-state index in [1.807, 2.05) is 0 Å². The van der Waals surface area contributed by atoms with E-state index in [9.17, 15) is 9.59 Å². The Morgan fingerprint density at radius 3 is 2.61 bits per heavy atom. The third kappa shape index (κ3) is 3.86. The predicted molar refractivity (Wildman–Crippen MR) is 120 cm³/mol. The number of methoxy groups -OCH3 is 2. The molecule has 2 aliphatic heterocycles. The van der Waals surface area contributed by atoms with Crippen molar-refractivity contribution in [3.05, 3.63) is 35.5 Å². The first-order valence-corrected chi connectivity index (χ1v) is 11.5. The highest BCUT2D eigenvalue weighted by molar-refractivity contribution is 5.85. The molecule has 168 valence electrons. The summed E-state index contributed by atoms with van der Waals surface area (Å²) in [7, 11) is 2.91. The van der Waals surface area contributed by atoms with Gasteiger partial charge in [-0.3, -0.25) is 14.5 Å². The number of H-pyrrole nitrogens is 1. The lowest BCUT2D eigenvalue weighted by Gasteiger charge is -2.56. The minimum atomic E-state index is -0.163. The number of nitrogens with zero attached hydrogens (tertiary/aromatic N) is 1. The maximum Gasteiger partial charge on any atom is 0.305 e. The van der Waals surface area contributed by atoms with Crippen molar-refractivity contribution in [3.63, 3.8) is 0 Å². The fourth-order valence-corrected chi connectivity index (χ4v) is 6.28. The van der Waals surface area contributed by atoms with Crippen LogP contribution in [0.2, 0.25) is 0 Å². The van der Waals surface area contributed by atoms with Gasteiger partial charge in [-0.15, -0.1) is 0 Å². The molecule has 6 nitrogen and oxygen atoms in total. The van der Waals surface area contributed by atoms with Gasteiger partial charge in [0.05, 0.1) is 20.3 Å². The second-order valence-corrected chi connectivity index (χ2v) is 9.01. The van der Waals surface area contributed by atoms with Gasteiger partial charge in [0, 0.05) is 36.0 Å². The molecular formula is C25H34N2O4. The van der Waals surface area contributed by atoms with Crippen molar-refractivity contribution in [2.45, 2.75) is 57.9 Å². The van der Waals surface area contributed by atoms with Crippen molar-refractivity contribution >= 4 is 22.8 Å². The Balaban J connectivity index is 1.77. The molecule has 4 rings (SSSR count). The van der Waals surface area contributed by atoms with E-state index in [4.69, 9.17) is 9.47 Å². The number of aromatic amines is 1. The molecule has 6 heteroatoms. The van der Waals surface area contributed by atoms with Crippen LogP contribution >= 0.6 is 0 Å². The first-order valence-electron chi connectivity index (χ1n) is 11.5.